The fourth-order valence-electron chi connectivity index (χ4n) is 2.36. The smallest absolute Gasteiger partial charge is 0.118 e. The zero-order valence-corrected chi connectivity index (χ0v) is 11.2. The Morgan fingerprint density at radius 1 is 1.11 bits per heavy atom. The van der Waals surface area contributed by atoms with E-state index in [1.54, 1.807) is 12.7 Å². The summed E-state index contributed by atoms with van der Waals surface area (Å²) in [6, 6.07) is 8.33. The highest BCUT2D eigenvalue weighted by atomic mass is 16.5. The Morgan fingerprint density at radius 3 is 2.56 bits per heavy atom. The van der Waals surface area contributed by atoms with Crippen LogP contribution in [0.25, 0.3) is 0 Å². The van der Waals surface area contributed by atoms with E-state index in [-0.39, 0.29) is 0 Å². The van der Waals surface area contributed by atoms with Crippen molar-refractivity contribution in [2.75, 3.05) is 20.2 Å². The van der Waals surface area contributed by atoms with Crippen LogP contribution < -0.4 is 10.1 Å². The molecule has 1 aromatic carbocycles. The van der Waals surface area contributed by atoms with E-state index in [9.17, 15) is 0 Å². The molecule has 0 aliphatic heterocycles. The predicted molar refractivity (Wildman–Crippen MR) is 76.1 cm³/mol. The van der Waals surface area contributed by atoms with Gasteiger partial charge in [-0.1, -0.05) is 23.8 Å². The lowest BCUT2D eigenvalue weighted by molar-refractivity contribution is 0.414. The number of hydrogen-bond acceptors (Lipinski definition) is 2. The Morgan fingerprint density at radius 2 is 1.89 bits per heavy atom. The van der Waals surface area contributed by atoms with E-state index in [0.717, 1.165) is 25.3 Å². The van der Waals surface area contributed by atoms with Crippen LogP contribution in [0.2, 0.25) is 0 Å². The molecule has 2 heteroatoms. The molecule has 0 unspecified atom stereocenters. The Bertz CT molecular complexity index is 381. The third kappa shape index (κ3) is 4.19. The molecule has 0 saturated carbocycles. The van der Waals surface area contributed by atoms with E-state index in [4.69, 9.17) is 4.74 Å². The van der Waals surface area contributed by atoms with Gasteiger partial charge in [0.25, 0.3) is 0 Å². The Kier molecular flexibility index (Phi) is 5.28. The second-order valence-electron chi connectivity index (χ2n) is 4.85. The van der Waals surface area contributed by atoms with Gasteiger partial charge in [-0.15, -0.1) is 0 Å². The Hall–Kier alpha value is -1.28. The fraction of sp³-hybridized carbons (Fsp3) is 0.500. The summed E-state index contributed by atoms with van der Waals surface area (Å²) in [4.78, 5) is 0. The van der Waals surface area contributed by atoms with Gasteiger partial charge in [-0.2, -0.15) is 0 Å². The molecule has 2 rings (SSSR count). The van der Waals surface area contributed by atoms with Crippen LogP contribution in [0.4, 0.5) is 0 Å². The highest BCUT2D eigenvalue weighted by molar-refractivity contribution is 5.27. The predicted octanol–water partition coefficient (Wildman–Crippen LogP) is 3.33. The monoisotopic (exact) mass is 245 g/mol. The third-order valence-corrected chi connectivity index (χ3v) is 3.51. The van der Waals surface area contributed by atoms with Crippen LogP contribution in [-0.2, 0) is 6.42 Å². The summed E-state index contributed by atoms with van der Waals surface area (Å²) >= 11 is 0. The maximum Gasteiger partial charge on any atom is 0.118 e. The van der Waals surface area contributed by atoms with Gasteiger partial charge in [0.05, 0.1) is 7.11 Å². The second-order valence-corrected chi connectivity index (χ2v) is 4.85. The molecule has 0 aromatic heterocycles. The van der Waals surface area contributed by atoms with Gasteiger partial charge in [0.2, 0.25) is 0 Å². The van der Waals surface area contributed by atoms with Gasteiger partial charge >= 0.3 is 0 Å². The molecular weight excluding hydrogens is 222 g/mol. The minimum absolute atomic E-state index is 0.930. The summed E-state index contributed by atoms with van der Waals surface area (Å²) in [5.74, 6) is 0.930. The number of methoxy groups -OCH3 is 1. The van der Waals surface area contributed by atoms with Crippen molar-refractivity contribution >= 4 is 0 Å². The molecule has 1 aliphatic carbocycles. The molecule has 0 fully saturated rings. The molecular formula is C16H23NO. The van der Waals surface area contributed by atoms with E-state index in [1.165, 1.54) is 31.2 Å². The number of rotatable bonds is 7. The molecule has 0 bridgehead atoms. The second kappa shape index (κ2) is 7.22. The van der Waals surface area contributed by atoms with E-state index < -0.39 is 0 Å². The lowest BCUT2D eigenvalue weighted by Crippen LogP contribution is -2.18. The minimum Gasteiger partial charge on any atom is -0.497 e. The molecule has 0 atom stereocenters. The molecule has 1 aliphatic rings. The van der Waals surface area contributed by atoms with Gasteiger partial charge in [0, 0.05) is 0 Å². The van der Waals surface area contributed by atoms with Crippen molar-refractivity contribution < 1.29 is 4.74 Å². The standard InChI is InChI=1S/C16H23NO/c1-18-16-8-6-15(7-9-16)11-13-17-12-10-14-4-2-3-5-14/h4,6-9,17H,2-3,5,10-13H2,1H3. The lowest BCUT2D eigenvalue weighted by Gasteiger charge is -2.06. The van der Waals surface area contributed by atoms with Crippen molar-refractivity contribution in [3.05, 3.63) is 41.5 Å². The summed E-state index contributed by atoms with van der Waals surface area (Å²) in [7, 11) is 1.70. The van der Waals surface area contributed by atoms with Crippen molar-refractivity contribution in [3.63, 3.8) is 0 Å². The van der Waals surface area contributed by atoms with Gasteiger partial charge in [-0.3, -0.25) is 0 Å². The van der Waals surface area contributed by atoms with E-state index >= 15 is 0 Å². The first-order valence-electron chi connectivity index (χ1n) is 6.90. The minimum atomic E-state index is 0.930. The highest BCUT2D eigenvalue weighted by Crippen LogP contribution is 2.19. The van der Waals surface area contributed by atoms with E-state index in [2.05, 4.69) is 23.5 Å². The first-order valence-corrected chi connectivity index (χ1v) is 6.90. The van der Waals surface area contributed by atoms with Crippen LogP contribution in [0.1, 0.15) is 31.2 Å². The molecule has 0 spiro atoms. The summed E-state index contributed by atoms with van der Waals surface area (Å²) in [6.45, 7) is 2.17. The first kappa shape index (κ1) is 13.2. The van der Waals surface area contributed by atoms with Gasteiger partial charge in [-0.25, -0.2) is 0 Å². The van der Waals surface area contributed by atoms with Gasteiger partial charge < -0.3 is 10.1 Å². The van der Waals surface area contributed by atoms with Crippen LogP contribution in [0, 0.1) is 0 Å². The van der Waals surface area contributed by atoms with Crippen molar-refractivity contribution in [1.82, 2.24) is 5.32 Å². The number of allylic oxidation sites excluding steroid dienone is 1. The summed E-state index contributed by atoms with van der Waals surface area (Å²) in [5, 5.41) is 3.52. The molecule has 98 valence electrons. The van der Waals surface area contributed by atoms with Crippen LogP contribution in [0.5, 0.6) is 5.75 Å². The number of ether oxygens (including phenoxy) is 1. The van der Waals surface area contributed by atoms with E-state index in [0.29, 0.717) is 0 Å². The molecule has 1 aromatic rings. The highest BCUT2D eigenvalue weighted by Gasteiger charge is 2.03. The summed E-state index contributed by atoms with van der Waals surface area (Å²) in [6.07, 6.45) is 8.69. The summed E-state index contributed by atoms with van der Waals surface area (Å²) in [5.41, 5.74) is 3.01. The maximum absolute atomic E-state index is 5.15. The van der Waals surface area contributed by atoms with E-state index in [1.807, 2.05) is 12.1 Å². The van der Waals surface area contributed by atoms with Crippen molar-refractivity contribution in [2.45, 2.75) is 32.1 Å². The zero-order chi connectivity index (χ0) is 12.6. The number of nitrogens with one attached hydrogen (secondary N) is 1. The maximum atomic E-state index is 5.15. The number of benzene rings is 1. The molecule has 18 heavy (non-hydrogen) atoms. The van der Waals surface area contributed by atoms with Crippen LogP contribution in [0.15, 0.2) is 35.9 Å². The molecule has 0 saturated heterocycles. The normalized spacial score (nSPS) is 14.6. The molecule has 0 heterocycles. The van der Waals surface area contributed by atoms with Crippen molar-refractivity contribution in [2.24, 2.45) is 0 Å². The molecule has 0 radical (unpaired) electrons. The Labute approximate surface area is 110 Å². The fourth-order valence-corrected chi connectivity index (χ4v) is 2.36. The Balaban J connectivity index is 1.59. The molecule has 1 N–H and O–H groups in total. The molecule has 2 nitrogen and oxygen atoms in total. The molecule has 0 amide bonds. The van der Waals surface area contributed by atoms with Gasteiger partial charge in [-0.05, 0) is 62.9 Å². The van der Waals surface area contributed by atoms with Gasteiger partial charge in [0.15, 0.2) is 0 Å². The first-order chi connectivity index (χ1) is 8.88. The quantitative estimate of drug-likeness (QED) is 0.587. The number of hydrogen-bond donors (Lipinski definition) is 1. The van der Waals surface area contributed by atoms with Gasteiger partial charge in [0.1, 0.15) is 5.75 Å². The van der Waals surface area contributed by atoms with Crippen molar-refractivity contribution in [3.8, 4) is 5.75 Å². The third-order valence-electron chi connectivity index (χ3n) is 3.51. The van der Waals surface area contributed by atoms with Crippen LogP contribution >= 0.6 is 0 Å². The van der Waals surface area contributed by atoms with Crippen molar-refractivity contribution in [1.29, 1.82) is 0 Å². The lowest BCUT2D eigenvalue weighted by atomic mass is 10.1. The average molecular weight is 245 g/mol. The van der Waals surface area contributed by atoms with Crippen LogP contribution in [0.3, 0.4) is 0 Å². The topological polar surface area (TPSA) is 21.3 Å². The largest absolute Gasteiger partial charge is 0.497 e. The zero-order valence-electron chi connectivity index (χ0n) is 11.2. The average Bonchev–Trinajstić information content (AvgIpc) is 2.92. The summed E-state index contributed by atoms with van der Waals surface area (Å²) < 4.78 is 5.15. The van der Waals surface area contributed by atoms with Crippen LogP contribution in [-0.4, -0.2) is 20.2 Å². The SMILES string of the molecule is COc1ccc(CCNCCC2=CCCC2)cc1.